The number of aromatic nitrogens is 3. The highest BCUT2D eigenvalue weighted by molar-refractivity contribution is 5.97. The second kappa shape index (κ2) is 6.71. The van der Waals surface area contributed by atoms with Gasteiger partial charge in [-0.1, -0.05) is 12.1 Å². The minimum atomic E-state index is -0.885. The minimum Gasteiger partial charge on any atom is -0.352 e. The monoisotopic (exact) mass is 367 g/mol. The van der Waals surface area contributed by atoms with Crippen molar-refractivity contribution in [3.63, 3.8) is 0 Å². The maximum atomic E-state index is 13.6. The van der Waals surface area contributed by atoms with Crippen LogP contribution in [0.15, 0.2) is 48.7 Å². The fourth-order valence-corrected chi connectivity index (χ4v) is 3.34. The summed E-state index contributed by atoms with van der Waals surface area (Å²) in [6.45, 7) is 0.666. The molecule has 2 amide bonds. The number of benzene rings is 1. The molecule has 7 nitrogen and oxygen atoms in total. The third-order valence-electron chi connectivity index (χ3n) is 4.65. The van der Waals surface area contributed by atoms with Gasteiger partial charge >= 0.3 is 0 Å². The lowest BCUT2D eigenvalue weighted by Gasteiger charge is -2.35. The van der Waals surface area contributed by atoms with Gasteiger partial charge < -0.3 is 14.8 Å². The van der Waals surface area contributed by atoms with Crippen LogP contribution in [-0.2, 0) is 11.8 Å². The first kappa shape index (κ1) is 17.0. The average molecular weight is 367 g/mol. The van der Waals surface area contributed by atoms with Gasteiger partial charge in [0.05, 0.1) is 5.69 Å². The quantitative estimate of drug-likeness (QED) is 0.741. The Morgan fingerprint density at radius 1 is 1.26 bits per heavy atom. The number of aromatic amines is 1. The Hall–Kier alpha value is -3.42. The lowest BCUT2D eigenvalue weighted by atomic mass is 10.0. The van der Waals surface area contributed by atoms with Gasteiger partial charge in [0.25, 0.3) is 5.91 Å². The van der Waals surface area contributed by atoms with E-state index < -0.39 is 11.9 Å². The maximum Gasteiger partial charge on any atom is 0.272 e. The second-order valence-electron chi connectivity index (χ2n) is 6.42. The number of hydrogen-bond donors (Lipinski definition) is 2. The molecule has 0 unspecified atom stereocenters. The molecule has 1 saturated heterocycles. The third-order valence-corrected chi connectivity index (χ3v) is 4.65. The van der Waals surface area contributed by atoms with Crippen molar-refractivity contribution in [2.75, 3.05) is 13.1 Å². The molecule has 3 heterocycles. The van der Waals surface area contributed by atoms with E-state index in [2.05, 4.69) is 15.5 Å². The first-order valence-corrected chi connectivity index (χ1v) is 8.56. The molecular weight excluding hydrogens is 349 g/mol. The van der Waals surface area contributed by atoms with Crippen molar-refractivity contribution < 1.29 is 14.0 Å². The molecule has 8 heteroatoms. The molecule has 1 aliphatic rings. The lowest BCUT2D eigenvalue weighted by molar-refractivity contribution is -0.128. The SMILES string of the molecule is Cn1cccc1-c1cc(C(=O)N2CCNC(=O)[C@@H]2c2cccc(F)c2)[nH]n1. The predicted molar refractivity (Wildman–Crippen MR) is 96.2 cm³/mol. The van der Waals surface area contributed by atoms with Crippen LogP contribution < -0.4 is 5.32 Å². The van der Waals surface area contributed by atoms with Gasteiger partial charge in [-0.15, -0.1) is 0 Å². The molecule has 4 rings (SSSR count). The number of halogens is 1. The molecule has 1 aliphatic heterocycles. The van der Waals surface area contributed by atoms with Crippen molar-refractivity contribution in [3.8, 4) is 11.4 Å². The van der Waals surface area contributed by atoms with Gasteiger partial charge in [-0.3, -0.25) is 14.7 Å². The van der Waals surface area contributed by atoms with Crippen LogP contribution in [-0.4, -0.2) is 44.6 Å². The topological polar surface area (TPSA) is 83.0 Å². The molecule has 1 atom stereocenters. The van der Waals surface area contributed by atoms with Gasteiger partial charge in [0, 0.05) is 26.3 Å². The maximum absolute atomic E-state index is 13.6. The van der Waals surface area contributed by atoms with Crippen LogP contribution in [0.1, 0.15) is 22.1 Å². The minimum absolute atomic E-state index is 0.280. The van der Waals surface area contributed by atoms with Crippen LogP contribution in [0.2, 0.25) is 0 Å². The Morgan fingerprint density at radius 3 is 2.85 bits per heavy atom. The fourth-order valence-electron chi connectivity index (χ4n) is 3.34. The summed E-state index contributed by atoms with van der Waals surface area (Å²) < 4.78 is 15.5. The Bertz CT molecular complexity index is 1010. The van der Waals surface area contributed by atoms with Crippen molar-refractivity contribution in [2.45, 2.75) is 6.04 Å². The van der Waals surface area contributed by atoms with Gasteiger partial charge in [0.2, 0.25) is 5.91 Å². The smallest absolute Gasteiger partial charge is 0.272 e. The van der Waals surface area contributed by atoms with E-state index in [1.807, 2.05) is 29.9 Å². The summed E-state index contributed by atoms with van der Waals surface area (Å²) in [5.41, 5.74) is 2.21. The van der Waals surface area contributed by atoms with Crippen LogP contribution in [0.25, 0.3) is 11.4 Å². The van der Waals surface area contributed by atoms with E-state index in [9.17, 15) is 14.0 Å². The molecule has 138 valence electrons. The Labute approximate surface area is 154 Å². The van der Waals surface area contributed by atoms with Crippen molar-refractivity contribution in [3.05, 3.63) is 65.7 Å². The number of carbonyl (C=O) groups excluding carboxylic acids is 2. The summed E-state index contributed by atoms with van der Waals surface area (Å²) in [5, 5.41) is 9.71. The van der Waals surface area contributed by atoms with E-state index in [0.717, 1.165) is 5.69 Å². The van der Waals surface area contributed by atoms with Gasteiger partial charge in [-0.2, -0.15) is 5.10 Å². The molecule has 0 radical (unpaired) electrons. The molecule has 0 spiro atoms. The van der Waals surface area contributed by atoms with Crippen molar-refractivity contribution in [2.24, 2.45) is 7.05 Å². The first-order chi connectivity index (χ1) is 13.0. The van der Waals surface area contributed by atoms with Gasteiger partial charge in [0.15, 0.2) is 0 Å². The van der Waals surface area contributed by atoms with Gasteiger partial charge in [-0.05, 0) is 35.9 Å². The van der Waals surface area contributed by atoms with Crippen molar-refractivity contribution in [1.82, 2.24) is 25.0 Å². The van der Waals surface area contributed by atoms with Crippen molar-refractivity contribution in [1.29, 1.82) is 0 Å². The van der Waals surface area contributed by atoms with Gasteiger partial charge in [-0.25, -0.2) is 4.39 Å². The lowest BCUT2D eigenvalue weighted by Crippen LogP contribution is -2.52. The number of H-pyrrole nitrogens is 1. The molecule has 2 N–H and O–H groups in total. The first-order valence-electron chi connectivity index (χ1n) is 8.56. The third kappa shape index (κ3) is 3.10. The highest BCUT2D eigenvalue weighted by Gasteiger charge is 2.35. The number of piperazine rings is 1. The van der Waals surface area contributed by atoms with E-state index in [1.165, 1.54) is 23.1 Å². The number of aryl methyl sites for hydroxylation is 1. The van der Waals surface area contributed by atoms with Crippen molar-refractivity contribution >= 4 is 11.8 Å². The second-order valence-corrected chi connectivity index (χ2v) is 6.42. The van der Waals surface area contributed by atoms with E-state index in [0.29, 0.717) is 24.3 Å². The summed E-state index contributed by atoms with van der Waals surface area (Å²) in [5.74, 6) is -1.14. The van der Waals surface area contributed by atoms with Crippen LogP contribution in [0.4, 0.5) is 4.39 Å². The molecule has 2 aromatic heterocycles. The number of rotatable bonds is 3. The summed E-state index contributed by atoms with van der Waals surface area (Å²) in [7, 11) is 1.89. The highest BCUT2D eigenvalue weighted by Crippen LogP contribution is 2.26. The average Bonchev–Trinajstić information content (AvgIpc) is 3.29. The van der Waals surface area contributed by atoms with Gasteiger partial charge in [0.1, 0.15) is 23.2 Å². The number of nitrogens with one attached hydrogen (secondary N) is 2. The molecule has 1 aromatic carbocycles. The summed E-state index contributed by atoms with van der Waals surface area (Å²) in [6, 6.07) is 10.3. The van der Waals surface area contributed by atoms with E-state index in [-0.39, 0.29) is 17.5 Å². The Balaban J connectivity index is 1.66. The van der Waals surface area contributed by atoms with E-state index >= 15 is 0 Å². The normalized spacial score (nSPS) is 17.0. The molecule has 27 heavy (non-hydrogen) atoms. The summed E-state index contributed by atoms with van der Waals surface area (Å²) >= 11 is 0. The van der Waals surface area contributed by atoms with Crippen LogP contribution in [0, 0.1) is 5.82 Å². The number of nitrogens with zero attached hydrogens (tertiary/aromatic N) is 3. The number of hydrogen-bond acceptors (Lipinski definition) is 3. The molecule has 1 fully saturated rings. The molecule has 0 aliphatic carbocycles. The molecular formula is C19H18FN5O2. The zero-order chi connectivity index (χ0) is 19.0. The highest BCUT2D eigenvalue weighted by atomic mass is 19.1. The predicted octanol–water partition coefficient (Wildman–Crippen LogP) is 1.87. The Morgan fingerprint density at radius 2 is 2.11 bits per heavy atom. The Kier molecular flexibility index (Phi) is 4.23. The standard InChI is InChI=1S/C19H18FN5O2/c1-24-8-3-6-16(24)14-11-15(23-22-14)19(27)25-9-7-21-18(26)17(25)12-4-2-5-13(20)10-12/h2-6,8,10-11,17H,7,9H2,1H3,(H,21,26)(H,22,23)/t17-/m0/s1. The number of carbonyl (C=O) groups is 2. The summed E-state index contributed by atoms with van der Waals surface area (Å²) in [6.07, 6.45) is 1.89. The fraction of sp³-hybridized carbons (Fsp3) is 0.211. The van der Waals surface area contributed by atoms with E-state index in [1.54, 1.807) is 12.1 Å². The van der Waals surface area contributed by atoms with Crippen LogP contribution >= 0.6 is 0 Å². The molecule has 0 saturated carbocycles. The molecule has 3 aromatic rings. The molecule has 0 bridgehead atoms. The van der Waals surface area contributed by atoms with Crippen LogP contribution in [0.3, 0.4) is 0 Å². The summed E-state index contributed by atoms with van der Waals surface area (Å²) in [4.78, 5) is 26.9. The van der Waals surface area contributed by atoms with Crippen LogP contribution in [0.5, 0.6) is 0 Å². The zero-order valence-corrected chi connectivity index (χ0v) is 14.6. The largest absolute Gasteiger partial charge is 0.352 e. The number of amides is 2. The van der Waals surface area contributed by atoms with E-state index in [4.69, 9.17) is 0 Å². The zero-order valence-electron chi connectivity index (χ0n) is 14.6.